The molecule has 0 aromatic rings. The molecule has 2 rings (SSSR count). The van der Waals surface area contributed by atoms with E-state index in [1.54, 1.807) is 0 Å². The summed E-state index contributed by atoms with van der Waals surface area (Å²) < 4.78 is 5.89. The number of hydrogen-bond donors (Lipinski definition) is 0. The minimum atomic E-state index is 0.276. The van der Waals surface area contributed by atoms with Crippen molar-refractivity contribution in [2.45, 2.75) is 63.6 Å². The van der Waals surface area contributed by atoms with Crippen molar-refractivity contribution in [3.63, 3.8) is 0 Å². The highest BCUT2D eigenvalue weighted by Gasteiger charge is 2.66. The Morgan fingerprint density at radius 2 is 1.91 bits per heavy atom. The fourth-order valence-corrected chi connectivity index (χ4v) is 2.74. The molecule has 1 saturated carbocycles. The lowest BCUT2D eigenvalue weighted by Gasteiger charge is -2.08. The molecule has 1 heterocycles. The first kappa shape index (κ1) is 7.60. The van der Waals surface area contributed by atoms with Crippen molar-refractivity contribution in [3.8, 4) is 0 Å². The quantitative estimate of drug-likeness (QED) is 0.557. The monoisotopic (exact) mass is 154 g/mol. The van der Waals surface area contributed by atoms with Crippen LogP contribution in [0.4, 0.5) is 0 Å². The van der Waals surface area contributed by atoms with Gasteiger partial charge in [-0.25, -0.2) is 0 Å². The van der Waals surface area contributed by atoms with E-state index < -0.39 is 0 Å². The van der Waals surface area contributed by atoms with Gasteiger partial charge in [-0.05, 0) is 26.2 Å². The predicted octanol–water partition coefficient (Wildman–Crippen LogP) is 2.89. The third-order valence-corrected chi connectivity index (χ3v) is 3.48. The van der Waals surface area contributed by atoms with Crippen LogP contribution in [0.2, 0.25) is 0 Å². The zero-order chi connectivity index (χ0) is 7.95. The fraction of sp³-hybridized carbons (Fsp3) is 1.00. The lowest BCUT2D eigenvalue weighted by Crippen LogP contribution is -2.19. The van der Waals surface area contributed by atoms with Gasteiger partial charge in [0.25, 0.3) is 0 Å². The van der Waals surface area contributed by atoms with Gasteiger partial charge < -0.3 is 4.74 Å². The molecule has 1 spiro atoms. The second kappa shape index (κ2) is 2.22. The summed E-state index contributed by atoms with van der Waals surface area (Å²) in [5.74, 6) is 0. The largest absolute Gasteiger partial charge is 0.363 e. The van der Waals surface area contributed by atoms with Crippen molar-refractivity contribution in [1.29, 1.82) is 0 Å². The second-order valence-electron chi connectivity index (χ2n) is 4.28. The Hall–Kier alpha value is -0.0400. The summed E-state index contributed by atoms with van der Waals surface area (Å²) in [6, 6.07) is 0. The molecular weight excluding hydrogens is 136 g/mol. The minimum absolute atomic E-state index is 0.276. The van der Waals surface area contributed by atoms with Crippen LogP contribution in [0.15, 0.2) is 0 Å². The maximum absolute atomic E-state index is 5.89. The third kappa shape index (κ3) is 0.936. The topological polar surface area (TPSA) is 12.5 Å². The Bertz CT molecular complexity index is 158. The van der Waals surface area contributed by atoms with E-state index in [2.05, 4.69) is 13.8 Å². The third-order valence-electron chi connectivity index (χ3n) is 3.48. The van der Waals surface area contributed by atoms with E-state index in [9.17, 15) is 0 Å². The molecule has 1 unspecified atom stereocenters. The van der Waals surface area contributed by atoms with Gasteiger partial charge in [0.15, 0.2) is 0 Å². The molecule has 1 atom stereocenters. The van der Waals surface area contributed by atoms with Crippen LogP contribution in [0.5, 0.6) is 0 Å². The summed E-state index contributed by atoms with van der Waals surface area (Å²) in [6.45, 7) is 4.54. The normalized spacial score (nSPS) is 39.8. The molecule has 0 radical (unpaired) electrons. The van der Waals surface area contributed by atoms with Crippen molar-refractivity contribution in [1.82, 2.24) is 0 Å². The molecule has 0 aromatic heterocycles. The van der Waals surface area contributed by atoms with E-state index in [0.717, 1.165) is 0 Å². The van der Waals surface area contributed by atoms with Gasteiger partial charge in [-0.3, -0.25) is 0 Å². The van der Waals surface area contributed by atoms with Crippen LogP contribution in [0, 0.1) is 0 Å². The van der Waals surface area contributed by atoms with Gasteiger partial charge >= 0.3 is 0 Å². The highest BCUT2D eigenvalue weighted by Crippen LogP contribution is 2.59. The fourth-order valence-electron chi connectivity index (χ4n) is 2.74. The smallest absolute Gasteiger partial charge is 0.0977 e. The molecule has 1 heteroatoms. The van der Waals surface area contributed by atoms with E-state index >= 15 is 0 Å². The molecule has 1 nitrogen and oxygen atoms in total. The summed E-state index contributed by atoms with van der Waals surface area (Å²) >= 11 is 0. The van der Waals surface area contributed by atoms with Gasteiger partial charge in [0.05, 0.1) is 11.2 Å². The molecule has 0 N–H and O–H groups in total. The van der Waals surface area contributed by atoms with E-state index in [0.29, 0.717) is 5.60 Å². The van der Waals surface area contributed by atoms with Crippen LogP contribution in [-0.2, 0) is 4.74 Å². The highest BCUT2D eigenvalue weighted by molar-refractivity contribution is 5.14. The lowest BCUT2D eigenvalue weighted by atomic mass is 9.89. The Morgan fingerprint density at radius 1 is 1.27 bits per heavy atom. The van der Waals surface area contributed by atoms with Gasteiger partial charge in [-0.2, -0.15) is 0 Å². The standard InChI is InChI=1S/C10H18O/c1-3-6-9(2)10(11-9)7-4-5-8-10/h3-8H2,1-2H3. The number of hydrogen-bond acceptors (Lipinski definition) is 1. The predicted molar refractivity (Wildman–Crippen MR) is 45.6 cm³/mol. The maximum atomic E-state index is 5.89. The molecule has 1 aliphatic heterocycles. The molecule has 0 aromatic carbocycles. The molecule has 2 aliphatic rings. The SMILES string of the molecule is CCCC1(C)OC12CCCC2. The van der Waals surface area contributed by atoms with Crippen LogP contribution >= 0.6 is 0 Å². The molecule has 0 amide bonds. The molecular formula is C10H18O. The molecule has 1 aliphatic carbocycles. The zero-order valence-corrected chi connectivity index (χ0v) is 7.65. The van der Waals surface area contributed by atoms with Crippen LogP contribution in [-0.4, -0.2) is 11.2 Å². The summed E-state index contributed by atoms with van der Waals surface area (Å²) in [4.78, 5) is 0. The Morgan fingerprint density at radius 3 is 2.45 bits per heavy atom. The minimum Gasteiger partial charge on any atom is -0.363 e. The van der Waals surface area contributed by atoms with Crippen molar-refractivity contribution in [3.05, 3.63) is 0 Å². The van der Waals surface area contributed by atoms with Crippen LogP contribution < -0.4 is 0 Å². The van der Waals surface area contributed by atoms with Crippen molar-refractivity contribution >= 4 is 0 Å². The highest BCUT2D eigenvalue weighted by atomic mass is 16.6. The molecule has 2 fully saturated rings. The van der Waals surface area contributed by atoms with Crippen molar-refractivity contribution in [2.75, 3.05) is 0 Å². The van der Waals surface area contributed by atoms with Crippen LogP contribution in [0.1, 0.15) is 52.4 Å². The summed E-state index contributed by atoms with van der Waals surface area (Å²) in [7, 11) is 0. The summed E-state index contributed by atoms with van der Waals surface area (Å²) in [5.41, 5.74) is 0.626. The first-order valence-corrected chi connectivity index (χ1v) is 4.93. The van der Waals surface area contributed by atoms with E-state index in [-0.39, 0.29) is 5.60 Å². The van der Waals surface area contributed by atoms with Crippen LogP contribution in [0.25, 0.3) is 0 Å². The molecule has 1 saturated heterocycles. The number of epoxide rings is 1. The van der Waals surface area contributed by atoms with Gasteiger partial charge in [0.1, 0.15) is 0 Å². The Labute approximate surface area is 69.1 Å². The second-order valence-corrected chi connectivity index (χ2v) is 4.28. The first-order chi connectivity index (χ1) is 5.22. The van der Waals surface area contributed by atoms with Crippen molar-refractivity contribution < 1.29 is 4.74 Å². The molecule has 0 bridgehead atoms. The van der Waals surface area contributed by atoms with E-state index in [1.807, 2.05) is 0 Å². The van der Waals surface area contributed by atoms with Gasteiger partial charge in [0, 0.05) is 0 Å². The first-order valence-electron chi connectivity index (χ1n) is 4.93. The summed E-state index contributed by atoms with van der Waals surface area (Å²) in [5, 5.41) is 0. The Kier molecular flexibility index (Phi) is 1.54. The van der Waals surface area contributed by atoms with Gasteiger partial charge in [0.2, 0.25) is 0 Å². The van der Waals surface area contributed by atoms with Crippen LogP contribution in [0.3, 0.4) is 0 Å². The van der Waals surface area contributed by atoms with E-state index in [4.69, 9.17) is 4.74 Å². The van der Waals surface area contributed by atoms with Gasteiger partial charge in [-0.1, -0.05) is 26.2 Å². The molecule has 11 heavy (non-hydrogen) atoms. The average molecular weight is 154 g/mol. The maximum Gasteiger partial charge on any atom is 0.0977 e. The Balaban J connectivity index is 2.00. The lowest BCUT2D eigenvalue weighted by molar-refractivity contribution is 0.263. The molecule has 64 valence electrons. The average Bonchev–Trinajstić information content (AvgIpc) is 2.39. The van der Waals surface area contributed by atoms with E-state index in [1.165, 1.54) is 38.5 Å². The zero-order valence-electron chi connectivity index (χ0n) is 7.65. The van der Waals surface area contributed by atoms with Crippen molar-refractivity contribution in [2.24, 2.45) is 0 Å². The number of ether oxygens (including phenoxy) is 1. The summed E-state index contributed by atoms with van der Waals surface area (Å²) in [6.07, 6.45) is 7.94. The van der Waals surface area contributed by atoms with Gasteiger partial charge in [-0.15, -0.1) is 0 Å². The number of rotatable bonds is 2.